The van der Waals surface area contributed by atoms with E-state index < -0.39 is 6.61 Å². The Balaban J connectivity index is 1.49. The zero-order valence-electron chi connectivity index (χ0n) is 15.8. The minimum Gasteiger partial charge on any atom is -0.434 e. The second-order valence-electron chi connectivity index (χ2n) is 6.48. The number of rotatable bonds is 8. The van der Waals surface area contributed by atoms with Gasteiger partial charge in [-0.2, -0.15) is 8.78 Å². The van der Waals surface area contributed by atoms with Crippen molar-refractivity contribution in [3.63, 3.8) is 0 Å². The average Bonchev–Trinajstić information content (AvgIpc) is 2.73. The fourth-order valence-corrected chi connectivity index (χ4v) is 3.31. The number of benzene rings is 3. The van der Waals surface area contributed by atoms with E-state index in [1.165, 1.54) is 6.07 Å². The lowest BCUT2D eigenvalue weighted by Crippen LogP contribution is -2.30. The molecule has 0 fully saturated rings. The van der Waals surface area contributed by atoms with Crippen LogP contribution < -0.4 is 15.4 Å². The molecule has 0 heterocycles. The highest BCUT2D eigenvalue weighted by atomic mass is 79.9. The molecule has 0 atom stereocenters. The van der Waals surface area contributed by atoms with Crippen molar-refractivity contribution in [2.45, 2.75) is 19.6 Å². The Bertz CT molecular complexity index is 1060. The van der Waals surface area contributed by atoms with Gasteiger partial charge in [-0.1, -0.05) is 46.3 Å². The van der Waals surface area contributed by atoms with Crippen LogP contribution in [-0.4, -0.2) is 25.0 Å². The first-order chi connectivity index (χ1) is 14.4. The van der Waals surface area contributed by atoms with E-state index in [9.17, 15) is 18.4 Å². The van der Waals surface area contributed by atoms with E-state index in [2.05, 4.69) is 31.3 Å². The maximum Gasteiger partial charge on any atom is 0.387 e. The molecule has 0 aliphatic heterocycles. The smallest absolute Gasteiger partial charge is 0.387 e. The lowest BCUT2D eigenvalue weighted by Gasteiger charge is -2.12. The van der Waals surface area contributed by atoms with Crippen molar-refractivity contribution in [2.24, 2.45) is 0 Å². The van der Waals surface area contributed by atoms with Gasteiger partial charge in [0.2, 0.25) is 5.91 Å². The number of ether oxygens (including phenoxy) is 1. The summed E-state index contributed by atoms with van der Waals surface area (Å²) in [5.74, 6) is -0.594. The molecule has 0 aliphatic rings. The van der Waals surface area contributed by atoms with Gasteiger partial charge in [-0.3, -0.25) is 9.59 Å². The maximum atomic E-state index is 12.5. The molecule has 156 valence electrons. The van der Waals surface area contributed by atoms with Gasteiger partial charge in [-0.15, -0.1) is 0 Å². The summed E-state index contributed by atoms with van der Waals surface area (Å²) in [7, 11) is 0. The van der Waals surface area contributed by atoms with Crippen LogP contribution in [0.3, 0.4) is 0 Å². The first kappa shape index (κ1) is 21.7. The van der Waals surface area contributed by atoms with Gasteiger partial charge in [0.05, 0.1) is 0 Å². The summed E-state index contributed by atoms with van der Waals surface area (Å²) in [5, 5.41) is 7.35. The van der Waals surface area contributed by atoms with Crippen molar-refractivity contribution in [3.05, 3.63) is 76.3 Å². The normalized spacial score (nSPS) is 10.8. The van der Waals surface area contributed by atoms with Crippen LogP contribution in [0.5, 0.6) is 5.75 Å². The van der Waals surface area contributed by atoms with Gasteiger partial charge < -0.3 is 15.4 Å². The standard InChI is InChI=1S/C22H19BrF2N2O3/c23-18-7-8-19(30-22(24)25)17(12-18)13-27-20(28)9-10-26-21(29)16-6-5-14-3-1-2-4-15(14)11-16/h1-8,11-12,22H,9-10,13H2,(H,26,29)(H,27,28). The molecule has 8 heteroatoms. The summed E-state index contributed by atoms with van der Waals surface area (Å²) in [6.45, 7) is -2.78. The Morgan fingerprint density at radius 2 is 1.73 bits per heavy atom. The van der Waals surface area contributed by atoms with E-state index in [1.807, 2.05) is 30.3 Å². The molecule has 0 saturated carbocycles. The molecule has 30 heavy (non-hydrogen) atoms. The highest BCUT2D eigenvalue weighted by molar-refractivity contribution is 9.10. The van der Waals surface area contributed by atoms with Crippen molar-refractivity contribution in [1.82, 2.24) is 10.6 Å². The van der Waals surface area contributed by atoms with Crippen LogP contribution in [0.1, 0.15) is 22.3 Å². The Kier molecular flexibility index (Phi) is 7.35. The summed E-state index contributed by atoms with van der Waals surface area (Å²) in [6.07, 6.45) is 0.0539. The molecule has 3 rings (SSSR count). The van der Waals surface area contributed by atoms with Crippen molar-refractivity contribution >= 4 is 38.5 Å². The third-order valence-electron chi connectivity index (χ3n) is 4.36. The van der Waals surface area contributed by atoms with Gasteiger partial charge in [0, 0.05) is 35.1 Å². The number of fused-ring (bicyclic) bond motifs is 1. The molecule has 0 bridgehead atoms. The van der Waals surface area contributed by atoms with E-state index in [4.69, 9.17) is 0 Å². The van der Waals surface area contributed by atoms with Crippen LogP contribution in [0.25, 0.3) is 10.8 Å². The Morgan fingerprint density at radius 1 is 0.967 bits per heavy atom. The van der Waals surface area contributed by atoms with Gasteiger partial charge in [0.15, 0.2) is 0 Å². The summed E-state index contributed by atoms with van der Waals surface area (Å²) < 4.78 is 30.2. The predicted octanol–water partition coefficient (Wildman–Crippen LogP) is 4.64. The first-order valence-corrected chi connectivity index (χ1v) is 9.98. The van der Waals surface area contributed by atoms with Gasteiger partial charge in [0.1, 0.15) is 5.75 Å². The van der Waals surface area contributed by atoms with E-state index in [1.54, 1.807) is 24.3 Å². The van der Waals surface area contributed by atoms with Crippen LogP contribution in [0.2, 0.25) is 0 Å². The quantitative estimate of drug-likeness (QED) is 0.497. The topological polar surface area (TPSA) is 67.4 Å². The van der Waals surface area contributed by atoms with E-state index in [0.29, 0.717) is 15.6 Å². The molecule has 0 saturated heterocycles. The van der Waals surface area contributed by atoms with Crippen molar-refractivity contribution in [3.8, 4) is 5.75 Å². The third kappa shape index (κ3) is 6.00. The Hall–Kier alpha value is -3.00. The van der Waals surface area contributed by atoms with Crippen molar-refractivity contribution in [1.29, 1.82) is 0 Å². The minimum atomic E-state index is -2.95. The van der Waals surface area contributed by atoms with Crippen LogP contribution in [-0.2, 0) is 11.3 Å². The predicted molar refractivity (Wildman–Crippen MR) is 114 cm³/mol. The highest BCUT2D eigenvalue weighted by Gasteiger charge is 2.12. The van der Waals surface area contributed by atoms with E-state index in [-0.39, 0.29) is 37.1 Å². The number of nitrogens with one attached hydrogen (secondary N) is 2. The number of hydrogen-bond acceptors (Lipinski definition) is 3. The average molecular weight is 477 g/mol. The molecule has 3 aromatic rings. The maximum absolute atomic E-state index is 12.5. The van der Waals surface area contributed by atoms with Crippen LogP contribution in [0.4, 0.5) is 8.78 Å². The fraction of sp³-hybridized carbons (Fsp3) is 0.182. The molecule has 0 aromatic heterocycles. The lowest BCUT2D eigenvalue weighted by atomic mass is 10.1. The molecule has 0 spiro atoms. The SMILES string of the molecule is O=C(CCNC(=O)c1ccc2ccccc2c1)NCc1cc(Br)ccc1OC(F)F. The first-order valence-electron chi connectivity index (χ1n) is 9.19. The summed E-state index contributed by atoms with van der Waals surface area (Å²) in [4.78, 5) is 24.4. The van der Waals surface area contributed by atoms with Gasteiger partial charge in [-0.25, -0.2) is 0 Å². The number of carbonyl (C=O) groups excluding carboxylic acids is 2. The summed E-state index contributed by atoms with van der Waals surface area (Å²) >= 11 is 3.26. The zero-order valence-corrected chi connectivity index (χ0v) is 17.4. The Labute approximate surface area is 180 Å². The van der Waals surface area contributed by atoms with E-state index in [0.717, 1.165) is 10.8 Å². The molecule has 0 aliphatic carbocycles. The number of amides is 2. The van der Waals surface area contributed by atoms with Crippen molar-refractivity contribution < 1.29 is 23.1 Å². The monoisotopic (exact) mass is 476 g/mol. The number of carbonyl (C=O) groups is 2. The van der Waals surface area contributed by atoms with Gasteiger partial charge in [-0.05, 0) is 41.1 Å². The minimum absolute atomic E-state index is 0.00175. The Morgan fingerprint density at radius 3 is 2.50 bits per heavy atom. The highest BCUT2D eigenvalue weighted by Crippen LogP contribution is 2.24. The molecule has 3 aromatic carbocycles. The molecular formula is C22H19BrF2N2O3. The second-order valence-corrected chi connectivity index (χ2v) is 7.39. The van der Waals surface area contributed by atoms with Gasteiger partial charge >= 0.3 is 6.61 Å². The number of hydrogen-bond donors (Lipinski definition) is 2. The zero-order chi connectivity index (χ0) is 21.5. The third-order valence-corrected chi connectivity index (χ3v) is 4.86. The molecular weight excluding hydrogens is 458 g/mol. The van der Waals surface area contributed by atoms with Crippen LogP contribution in [0.15, 0.2) is 65.1 Å². The summed E-state index contributed by atoms with van der Waals surface area (Å²) in [5.41, 5.74) is 0.926. The fourth-order valence-electron chi connectivity index (χ4n) is 2.90. The summed E-state index contributed by atoms with van der Waals surface area (Å²) in [6, 6.07) is 17.7. The number of alkyl halides is 2. The van der Waals surface area contributed by atoms with Crippen LogP contribution in [0, 0.1) is 0 Å². The lowest BCUT2D eigenvalue weighted by molar-refractivity contribution is -0.121. The molecule has 5 nitrogen and oxygen atoms in total. The molecule has 2 N–H and O–H groups in total. The van der Waals surface area contributed by atoms with Crippen LogP contribution >= 0.6 is 15.9 Å². The van der Waals surface area contributed by atoms with Gasteiger partial charge in [0.25, 0.3) is 5.91 Å². The second kappa shape index (κ2) is 10.2. The molecule has 0 unspecified atom stereocenters. The number of halogens is 3. The van der Waals surface area contributed by atoms with Crippen molar-refractivity contribution in [2.75, 3.05) is 6.54 Å². The van der Waals surface area contributed by atoms with E-state index >= 15 is 0 Å². The molecule has 2 amide bonds. The largest absolute Gasteiger partial charge is 0.434 e. The molecule has 0 radical (unpaired) electrons.